The molecule has 0 fully saturated rings. The Morgan fingerprint density at radius 3 is 1.61 bits per heavy atom. The van der Waals surface area contributed by atoms with Crippen molar-refractivity contribution >= 4 is 12.2 Å². The van der Waals surface area contributed by atoms with Crippen molar-refractivity contribution in [2.45, 2.75) is 0 Å². The van der Waals surface area contributed by atoms with Gasteiger partial charge in [0.2, 0.25) is 5.75 Å². The van der Waals surface area contributed by atoms with Gasteiger partial charge in [0, 0.05) is 12.2 Å². The van der Waals surface area contributed by atoms with Crippen LogP contribution in [0.15, 0.2) is 47.8 Å². The summed E-state index contributed by atoms with van der Waals surface area (Å²) in [4.78, 5) is 0. The molecule has 0 unspecified atom stereocenters. The molecule has 0 radical (unpaired) electrons. The van der Waals surface area contributed by atoms with Crippen LogP contribution in [-0.2, 0) is 0 Å². The van der Waals surface area contributed by atoms with E-state index in [4.69, 9.17) is 18.9 Å². The molecule has 2 aromatic rings. The summed E-state index contributed by atoms with van der Waals surface area (Å²) in [6, 6.07) is 11.6. The number of hydrogen-bond donors (Lipinski definition) is 2. The second kappa shape index (κ2) is 10.4. The second-order valence-corrected chi connectivity index (χ2v) is 5.84. The van der Waals surface area contributed by atoms with E-state index in [1.54, 1.807) is 39.1 Å². The number of methoxy groups -OCH3 is 4. The summed E-state index contributed by atoms with van der Waals surface area (Å²) in [5, 5.41) is 3.59. The molecule has 0 aliphatic heterocycles. The van der Waals surface area contributed by atoms with Crippen LogP contribution in [0.25, 0.3) is 12.2 Å². The second-order valence-electron chi connectivity index (χ2n) is 5.84. The van der Waals surface area contributed by atoms with Gasteiger partial charge in [-0.05, 0) is 35.4 Å². The normalized spacial score (nSPS) is 11.9. The molecule has 0 bridgehead atoms. The summed E-state index contributed by atoms with van der Waals surface area (Å²) in [6.45, 7) is 0. The number of nitrogens with two attached hydrogens (primary N) is 2. The van der Waals surface area contributed by atoms with E-state index in [0.29, 0.717) is 17.2 Å². The van der Waals surface area contributed by atoms with E-state index >= 15 is 0 Å². The van der Waals surface area contributed by atoms with Crippen LogP contribution in [-0.4, -0.2) is 28.4 Å². The lowest BCUT2D eigenvalue weighted by Crippen LogP contribution is -2.84. The number of ether oxygens (including phenoxy) is 4. The summed E-state index contributed by atoms with van der Waals surface area (Å²) in [6.07, 6.45) is 4.03. The first-order valence-corrected chi connectivity index (χ1v) is 8.72. The molecule has 6 nitrogen and oxygen atoms in total. The van der Waals surface area contributed by atoms with Crippen molar-refractivity contribution in [1.82, 2.24) is 0 Å². The molecule has 0 amide bonds. The highest BCUT2D eigenvalue weighted by Gasteiger charge is 2.14. The lowest BCUT2D eigenvalue weighted by atomic mass is 10.1. The quantitative estimate of drug-likeness (QED) is 0.511. The molecule has 28 heavy (non-hydrogen) atoms. The summed E-state index contributed by atoms with van der Waals surface area (Å²) in [5.41, 5.74) is 3.79. The first-order chi connectivity index (χ1) is 13.6. The highest BCUT2D eigenvalue weighted by molar-refractivity contribution is 5.66. The molecule has 4 N–H and O–H groups in total. The van der Waals surface area contributed by atoms with Crippen molar-refractivity contribution in [3.8, 4) is 23.0 Å². The summed E-state index contributed by atoms with van der Waals surface area (Å²) in [5.74, 6) is 2.56. The van der Waals surface area contributed by atoms with Gasteiger partial charge >= 0.3 is 0 Å². The molecule has 0 aromatic heterocycles. The molecule has 0 aliphatic carbocycles. The van der Waals surface area contributed by atoms with Gasteiger partial charge in [-0.25, -0.2) is 0 Å². The largest absolute Gasteiger partial charge is 0.497 e. The van der Waals surface area contributed by atoms with Crippen LogP contribution in [0.3, 0.4) is 0 Å². The fourth-order valence-corrected chi connectivity index (χ4v) is 2.76. The molecule has 2 rings (SSSR count). The van der Waals surface area contributed by atoms with Gasteiger partial charge in [0.25, 0.3) is 0 Å². The average Bonchev–Trinajstić information content (AvgIpc) is 2.75. The fraction of sp³-hybridized carbons (Fsp3) is 0.182. The molecular weight excluding hydrogens is 356 g/mol. The molecule has 0 saturated heterocycles. The zero-order valence-electron chi connectivity index (χ0n) is 16.8. The number of benzene rings is 2. The van der Waals surface area contributed by atoms with E-state index in [2.05, 4.69) is 14.1 Å². The minimum absolute atomic E-state index is 0.556. The van der Waals surface area contributed by atoms with Crippen LogP contribution in [0.2, 0.25) is 0 Å². The van der Waals surface area contributed by atoms with Gasteiger partial charge in [0.05, 0.1) is 28.4 Å². The van der Waals surface area contributed by atoms with E-state index in [-0.39, 0.29) is 0 Å². The van der Waals surface area contributed by atoms with Crippen LogP contribution in [0.4, 0.5) is 0 Å². The van der Waals surface area contributed by atoms with Gasteiger partial charge in [0.1, 0.15) is 5.75 Å². The molecular formula is C22H28N2O4. The SMILES string of the molecule is [CH2-][NH2+]C(=Cc1ccc(OC)cc1)C(=Cc1cc(OC)c(OC)c(OC)c1)[NH2+][CH2-]. The molecule has 6 heteroatoms. The Hall–Kier alpha value is -2.96. The Balaban J connectivity index is 2.46. The van der Waals surface area contributed by atoms with E-state index in [9.17, 15) is 0 Å². The highest BCUT2D eigenvalue weighted by atomic mass is 16.5. The number of quaternary nitrogens is 2. The Labute approximate surface area is 166 Å². The Bertz CT molecular complexity index is 817. The maximum absolute atomic E-state index is 5.43. The Kier molecular flexibility index (Phi) is 7.92. The third-order valence-corrected chi connectivity index (χ3v) is 4.22. The monoisotopic (exact) mass is 384 g/mol. The van der Waals surface area contributed by atoms with Gasteiger partial charge in [-0.15, -0.1) is 14.1 Å². The van der Waals surface area contributed by atoms with Gasteiger partial charge in [-0.1, -0.05) is 12.1 Å². The van der Waals surface area contributed by atoms with Crippen LogP contribution in [0.1, 0.15) is 11.1 Å². The predicted octanol–water partition coefficient (Wildman–Crippen LogP) is 1.81. The molecule has 2 aromatic carbocycles. The van der Waals surface area contributed by atoms with Crippen LogP contribution < -0.4 is 29.6 Å². The first-order valence-electron chi connectivity index (χ1n) is 8.72. The minimum atomic E-state index is 0.556. The molecule has 0 spiro atoms. The van der Waals surface area contributed by atoms with Crippen molar-refractivity contribution in [2.75, 3.05) is 28.4 Å². The van der Waals surface area contributed by atoms with E-state index < -0.39 is 0 Å². The van der Waals surface area contributed by atoms with Gasteiger partial charge in [-0.2, -0.15) is 0 Å². The lowest BCUT2D eigenvalue weighted by molar-refractivity contribution is -0.594. The first kappa shape index (κ1) is 21.3. The highest BCUT2D eigenvalue weighted by Crippen LogP contribution is 2.38. The summed E-state index contributed by atoms with van der Waals surface area (Å²) in [7, 11) is 14.3. The fourth-order valence-electron chi connectivity index (χ4n) is 2.76. The predicted molar refractivity (Wildman–Crippen MR) is 110 cm³/mol. The maximum Gasteiger partial charge on any atom is 0.203 e. The third-order valence-electron chi connectivity index (χ3n) is 4.22. The van der Waals surface area contributed by atoms with E-state index in [0.717, 1.165) is 28.3 Å². The Morgan fingerprint density at radius 2 is 1.21 bits per heavy atom. The van der Waals surface area contributed by atoms with Crippen molar-refractivity contribution in [2.24, 2.45) is 0 Å². The summed E-state index contributed by atoms with van der Waals surface area (Å²) >= 11 is 0. The standard InChI is InChI=1S/C22H28N2O4/c1-23-18(11-15-7-9-17(25-3)10-8-15)19(24-2)12-16-13-20(26-4)22(28-6)21(14-16)27-5/h7-14H,1-2,23-24H2,3-6H3. The van der Waals surface area contributed by atoms with E-state index in [1.165, 1.54) is 0 Å². The average molecular weight is 384 g/mol. The van der Waals surface area contributed by atoms with Crippen LogP contribution in [0.5, 0.6) is 23.0 Å². The summed E-state index contributed by atoms with van der Waals surface area (Å²) < 4.78 is 21.5. The lowest BCUT2D eigenvalue weighted by Gasteiger charge is -2.14. The van der Waals surface area contributed by atoms with E-state index in [1.807, 2.05) is 48.6 Å². The molecule has 0 atom stereocenters. The van der Waals surface area contributed by atoms with Crippen molar-refractivity contribution in [1.29, 1.82) is 0 Å². The van der Waals surface area contributed by atoms with Crippen LogP contribution >= 0.6 is 0 Å². The van der Waals surface area contributed by atoms with Crippen molar-refractivity contribution < 1.29 is 29.6 Å². The Morgan fingerprint density at radius 1 is 0.714 bits per heavy atom. The zero-order chi connectivity index (χ0) is 20.5. The number of hydrogen-bond acceptors (Lipinski definition) is 4. The topological polar surface area (TPSA) is 70.1 Å². The smallest absolute Gasteiger partial charge is 0.203 e. The molecule has 0 heterocycles. The number of rotatable bonds is 9. The van der Waals surface area contributed by atoms with Gasteiger partial charge in [0.15, 0.2) is 22.9 Å². The maximum atomic E-state index is 5.43. The minimum Gasteiger partial charge on any atom is -0.497 e. The molecule has 0 aliphatic rings. The van der Waals surface area contributed by atoms with Crippen LogP contribution in [0, 0.1) is 14.1 Å². The zero-order valence-corrected chi connectivity index (χ0v) is 16.8. The van der Waals surface area contributed by atoms with Crippen molar-refractivity contribution in [3.05, 3.63) is 73.0 Å². The molecule has 150 valence electrons. The van der Waals surface area contributed by atoms with Gasteiger partial charge < -0.3 is 29.6 Å². The van der Waals surface area contributed by atoms with Crippen molar-refractivity contribution in [3.63, 3.8) is 0 Å². The van der Waals surface area contributed by atoms with Gasteiger partial charge in [-0.3, -0.25) is 0 Å². The molecule has 0 saturated carbocycles. The third kappa shape index (κ3) is 5.06.